The fourth-order valence-corrected chi connectivity index (χ4v) is 3.07. The highest BCUT2D eigenvalue weighted by atomic mass is 16.5. The Balaban J connectivity index is 1.93. The van der Waals surface area contributed by atoms with E-state index in [2.05, 4.69) is 24.1 Å². The molecule has 4 heteroatoms. The van der Waals surface area contributed by atoms with E-state index in [1.807, 2.05) is 12.1 Å². The van der Waals surface area contributed by atoms with Crippen LogP contribution in [-0.2, 0) is 11.3 Å². The Bertz CT molecular complexity index is 526. The predicted octanol–water partition coefficient (Wildman–Crippen LogP) is 1.67. The molecule has 0 spiro atoms. The summed E-state index contributed by atoms with van der Waals surface area (Å²) in [5.41, 5.74) is 3.37. The molecular formula is C16H21NO3. The lowest BCUT2D eigenvalue weighted by Gasteiger charge is -2.42. The van der Waals surface area contributed by atoms with E-state index in [1.54, 1.807) is 7.11 Å². The largest absolute Gasteiger partial charge is 0.496 e. The summed E-state index contributed by atoms with van der Waals surface area (Å²) in [6.45, 7) is 1.56. The fourth-order valence-electron chi connectivity index (χ4n) is 3.07. The minimum Gasteiger partial charge on any atom is -0.496 e. The molecule has 3 rings (SSSR count). The van der Waals surface area contributed by atoms with Crippen LogP contribution >= 0.6 is 0 Å². The first-order valence-electron chi connectivity index (χ1n) is 7.01. The summed E-state index contributed by atoms with van der Waals surface area (Å²) in [7, 11) is 3.79. The summed E-state index contributed by atoms with van der Waals surface area (Å²) in [5, 5.41) is 9.45. The van der Waals surface area contributed by atoms with Crippen LogP contribution in [0.25, 0.3) is 5.57 Å². The topological polar surface area (TPSA) is 41.9 Å². The van der Waals surface area contributed by atoms with Crippen molar-refractivity contribution in [3.63, 3.8) is 0 Å². The van der Waals surface area contributed by atoms with Gasteiger partial charge in [-0.3, -0.25) is 4.90 Å². The number of ether oxygens (including phenoxy) is 2. The van der Waals surface area contributed by atoms with Gasteiger partial charge >= 0.3 is 0 Å². The molecule has 2 unspecified atom stereocenters. The standard InChI is InChI=1S/C16H21NO3/c1-17-14-6-12(7-15(17)10-20-9-14)11-3-4-16(19-2)13(5-11)8-18/h3-6,14-15,18H,7-10H2,1-2H3. The first-order valence-corrected chi connectivity index (χ1v) is 7.01. The van der Waals surface area contributed by atoms with Crippen molar-refractivity contribution in [1.82, 2.24) is 4.90 Å². The molecule has 1 N–H and O–H groups in total. The third kappa shape index (κ3) is 2.35. The first kappa shape index (κ1) is 13.6. The molecule has 1 aromatic rings. The Kier molecular flexibility index (Phi) is 3.78. The monoisotopic (exact) mass is 275 g/mol. The second-order valence-electron chi connectivity index (χ2n) is 5.50. The summed E-state index contributed by atoms with van der Waals surface area (Å²) >= 11 is 0. The lowest BCUT2D eigenvalue weighted by Crippen LogP contribution is -2.51. The molecule has 1 fully saturated rings. The number of nitrogens with zero attached hydrogens (tertiary/aromatic N) is 1. The quantitative estimate of drug-likeness (QED) is 0.911. The van der Waals surface area contributed by atoms with E-state index in [9.17, 15) is 5.11 Å². The maximum absolute atomic E-state index is 9.45. The third-order valence-corrected chi connectivity index (χ3v) is 4.37. The number of aliphatic hydroxyl groups excluding tert-OH is 1. The maximum atomic E-state index is 9.45. The van der Waals surface area contributed by atoms with E-state index >= 15 is 0 Å². The number of benzene rings is 1. The van der Waals surface area contributed by atoms with E-state index in [-0.39, 0.29) is 6.61 Å². The van der Waals surface area contributed by atoms with Crippen LogP contribution in [0.15, 0.2) is 24.3 Å². The fraction of sp³-hybridized carbons (Fsp3) is 0.500. The molecule has 1 saturated heterocycles. The molecule has 4 nitrogen and oxygen atoms in total. The molecule has 2 aliphatic heterocycles. The molecule has 0 aromatic heterocycles. The van der Waals surface area contributed by atoms with E-state index < -0.39 is 0 Å². The van der Waals surface area contributed by atoms with E-state index in [0.29, 0.717) is 12.1 Å². The second kappa shape index (κ2) is 5.56. The molecule has 20 heavy (non-hydrogen) atoms. The van der Waals surface area contributed by atoms with Crippen LogP contribution in [0.2, 0.25) is 0 Å². The van der Waals surface area contributed by atoms with Crippen LogP contribution in [0.3, 0.4) is 0 Å². The zero-order valence-electron chi connectivity index (χ0n) is 12.0. The van der Waals surface area contributed by atoms with E-state index in [0.717, 1.165) is 30.9 Å². The van der Waals surface area contributed by atoms with Gasteiger partial charge in [0.1, 0.15) is 5.75 Å². The van der Waals surface area contributed by atoms with Crippen molar-refractivity contribution in [1.29, 1.82) is 0 Å². The Morgan fingerprint density at radius 2 is 2.25 bits per heavy atom. The number of hydrogen-bond donors (Lipinski definition) is 1. The molecule has 2 heterocycles. The Morgan fingerprint density at radius 3 is 2.95 bits per heavy atom. The summed E-state index contributed by atoms with van der Waals surface area (Å²) in [4.78, 5) is 2.39. The zero-order chi connectivity index (χ0) is 14.1. The van der Waals surface area contributed by atoms with Gasteiger partial charge in [0, 0.05) is 11.6 Å². The van der Waals surface area contributed by atoms with E-state index in [4.69, 9.17) is 9.47 Å². The van der Waals surface area contributed by atoms with Crippen molar-refractivity contribution in [2.75, 3.05) is 27.4 Å². The second-order valence-corrected chi connectivity index (χ2v) is 5.50. The van der Waals surface area contributed by atoms with Crippen molar-refractivity contribution >= 4 is 5.57 Å². The van der Waals surface area contributed by atoms with Gasteiger partial charge in [0.05, 0.1) is 33.0 Å². The maximum Gasteiger partial charge on any atom is 0.124 e. The van der Waals surface area contributed by atoms with Gasteiger partial charge in [-0.15, -0.1) is 0 Å². The molecule has 2 atom stereocenters. The Hall–Kier alpha value is -1.36. The Labute approximate surface area is 119 Å². The molecule has 108 valence electrons. The van der Waals surface area contributed by atoms with Gasteiger partial charge in [0.2, 0.25) is 0 Å². The van der Waals surface area contributed by atoms with Crippen LogP contribution in [-0.4, -0.2) is 49.5 Å². The van der Waals surface area contributed by atoms with Crippen LogP contribution in [0.1, 0.15) is 17.5 Å². The molecule has 0 radical (unpaired) electrons. The molecule has 0 saturated carbocycles. The number of morpholine rings is 1. The number of rotatable bonds is 3. The average Bonchev–Trinajstić information content (AvgIpc) is 2.46. The molecular weight excluding hydrogens is 254 g/mol. The summed E-state index contributed by atoms with van der Waals surface area (Å²) in [5.74, 6) is 0.744. The number of aliphatic hydroxyl groups is 1. The Morgan fingerprint density at radius 1 is 1.40 bits per heavy atom. The van der Waals surface area contributed by atoms with Crippen molar-refractivity contribution < 1.29 is 14.6 Å². The number of methoxy groups -OCH3 is 1. The summed E-state index contributed by atoms with van der Waals surface area (Å²) < 4.78 is 10.9. The van der Waals surface area contributed by atoms with Crippen LogP contribution in [0, 0.1) is 0 Å². The van der Waals surface area contributed by atoms with Crippen LogP contribution in [0.5, 0.6) is 5.75 Å². The van der Waals surface area contributed by atoms with Gasteiger partial charge in [-0.25, -0.2) is 0 Å². The normalized spacial score (nSPS) is 26.2. The lowest BCUT2D eigenvalue weighted by molar-refractivity contribution is -0.0221. The van der Waals surface area contributed by atoms with Gasteiger partial charge in [0.15, 0.2) is 0 Å². The number of likely N-dealkylation sites (N-methyl/N-ethyl adjacent to an activating group) is 1. The van der Waals surface area contributed by atoms with Gasteiger partial charge in [0.25, 0.3) is 0 Å². The van der Waals surface area contributed by atoms with Gasteiger partial charge < -0.3 is 14.6 Å². The van der Waals surface area contributed by atoms with Crippen LogP contribution in [0.4, 0.5) is 0 Å². The minimum absolute atomic E-state index is 0.000163. The van der Waals surface area contributed by atoms with Crippen molar-refractivity contribution in [2.24, 2.45) is 0 Å². The predicted molar refractivity (Wildman–Crippen MR) is 77.7 cm³/mol. The lowest BCUT2D eigenvalue weighted by atomic mass is 9.89. The van der Waals surface area contributed by atoms with Gasteiger partial charge in [-0.2, -0.15) is 0 Å². The highest BCUT2D eigenvalue weighted by Crippen LogP contribution is 2.33. The highest BCUT2D eigenvalue weighted by molar-refractivity contribution is 5.69. The van der Waals surface area contributed by atoms with Crippen molar-refractivity contribution in [3.05, 3.63) is 35.4 Å². The smallest absolute Gasteiger partial charge is 0.124 e. The van der Waals surface area contributed by atoms with Gasteiger partial charge in [-0.05, 0) is 36.7 Å². The molecule has 2 aliphatic rings. The molecule has 0 aliphatic carbocycles. The highest BCUT2D eigenvalue weighted by Gasteiger charge is 2.32. The summed E-state index contributed by atoms with van der Waals surface area (Å²) in [6, 6.07) is 6.86. The van der Waals surface area contributed by atoms with E-state index in [1.165, 1.54) is 11.1 Å². The molecule has 0 amide bonds. The van der Waals surface area contributed by atoms with Crippen molar-refractivity contribution in [2.45, 2.75) is 25.1 Å². The molecule has 1 aromatic carbocycles. The van der Waals surface area contributed by atoms with Crippen LogP contribution < -0.4 is 4.74 Å². The number of hydrogen-bond acceptors (Lipinski definition) is 4. The molecule has 2 bridgehead atoms. The minimum atomic E-state index is 0.000163. The first-order chi connectivity index (χ1) is 9.72. The number of fused-ring (bicyclic) bond motifs is 2. The zero-order valence-corrected chi connectivity index (χ0v) is 12.0. The average molecular weight is 275 g/mol. The van der Waals surface area contributed by atoms with Gasteiger partial charge in [-0.1, -0.05) is 12.1 Å². The third-order valence-electron chi connectivity index (χ3n) is 4.37. The van der Waals surface area contributed by atoms with Crippen molar-refractivity contribution in [3.8, 4) is 5.75 Å². The SMILES string of the molecule is COc1ccc(C2=CC3COCC(C2)N3C)cc1CO. The summed E-state index contributed by atoms with van der Waals surface area (Å²) in [6.07, 6.45) is 3.28.